The Hall–Kier alpha value is -1.84. The Kier molecular flexibility index (Phi) is 6.41. The Labute approximate surface area is 138 Å². The van der Waals surface area contributed by atoms with E-state index in [0.717, 1.165) is 5.56 Å². The number of aldehydes is 1. The summed E-state index contributed by atoms with van der Waals surface area (Å²) in [6, 6.07) is 9.22. The molecule has 4 N–H and O–H groups in total. The first-order valence-corrected chi connectivity index (χ1v) is 7.47. The maximum Gasteiger partial charge on any atom is 0.335 e. The maximum atomic E-state index is 11.2. The van der Waals surface area contributed by atoms with E-state index in [1.54, 1.807) is 0 Å². The van der Waals surface area contributed by atoms with Gasteiger partial charge in [-0.25, -0.2) is 4.79 Å². The second kappa shape index (κ2) is 8.32. The van der Waals surface area contributed by atoms with Crippen molar-refractivity contribution in [3.8, 4) is 0 Å². The monoisotopic (exact) mass is 340 g/mol. The molecule has 1 heterocycles. The van der Waals surface area contributed by atoms with Crippen LogP contribution in [-0.2, 0) is 25.5 Å². The standard InChI is InChI=1S/C16H20O8/c17-7-10(6-9-4-2-1-3-5-9)8-23-16-13(20)11(18)12(19)14(24-16)15(21)22/h1-5,7,10-14,16,18-20H,6,8H2,(H,21,22). The Morgan fingerprint density at radius 2 is 1.83 bits per heavy atom. The van der Waals surface area contributed by atoms with E-state index in [-0.39, 0.29) is 6.61 Å². The number of rotatable bonds is 7. The normalized spacial score (nSPS) is 31.4. The summed E-state index contributed by atoms with van der Waals surface area (Å²) < 4.78 is 10.3. The van der Waals surface area contributed by atoms with Crippen molar-refractivity contribution in [3.05, 3.63) is 35.9 Å². The van der Waals surface area contributed by atoms with Crippen LogP contribution >= 0.6 is 0 Å². The third-order valence-electron chi connectivity index (χ3n) is 3.82. The third kappa shape index (κ3) is 4.37. The van der Waals surface area contributed by atoms with Crippen LogP contribution in [0.2, 0.25) is 0 Å². The van der Waals surface area contributed by atoms with E-state index in [2.05, 4.69) is 0 Å². The highest BCUT2D eigenvalue weighted by Gasteiger charge is 2.47. The topological polar surface area (TPSA) is 134 Å². The zero-order valence-electron chi connectivity index (χ0n) is 12.8. The molecule has 6 atom stereocenters. The van der Waals surface area contributed by atoms with Gasteiger partial charge in [0.05, 0.1) is 6.61 Å². The molecule has 6 unspecified atom stereocenters. The van der Waals surface area contributed by atoms with Gasteiger partial charge in [0.25, 0.3) is 0 Å². The average molecular weight is 340 g/mol. The van der Waals surface area contributed by atoms with Crippen LogP contribution in [0.15, 0.2) is 30.3 Å². The Bertz CT molecular complexity index is 548. The van der Waals surface area contributed by atoms with Crippen molar-refractivity contribution < 1.29 is 39.5 Å². The van der Waals surface area contributed by atoms with Crippen LogP contribution in [0, 0.1) is 5.92 Å². The summed E-state index contributed by atoms with van der Waals surface area (Å²) in [6.45, 7) is -0.130. The predicted octanol–water partition coefficient (Wildman–Crippen LogP) is -1.05. The maximum absolute atomic E-state index is 11.2. The van der Waals surface area contributed by atoms with E-state index in [1.165, 1.54) is 0 Å². The summed E-state index contributed by atoms with van der Waals surface area (Å²) in [6.07, 6.45) is -7.21. The molecule has 0 aromatic heterocycles. The summed E-state index contributed by atoms with van der Waals surface area (Å²) in [4.78, 5) is 22.2. The molecule has 8 heteroatoms. The van der Waals surface area contributed by atoms with E-state index >= 15 is 0 Å². The van der Waals surface area contributed by atoms with Gasteiger partial charge in [0.15, 0.2) is 12.4 Å². The third-order valence-corrected chi connectivity index (χ3v) is 3.82. The highest BCUT2D eigenvalue weighted by Crippen LogP contribution is 2.23. The molecular formula is C16H20O8. The molecule has 0 bridgehead atoms. The van der Waals surface area contributed by atoms with Crippen LogP contribution < -0.4 is 0 Å². The number of benzene rings is 1. The quantitative estimate of drug-likeness (QED) is 0.462. The molecule has 1 fully saturated rings. The lowest BCUT2D eigenvalue weighted by Gasteiger charge is -2.38. The zero-order valence-corrected chi connectivity index (χ0v) is 12.8. The number of aliphatic hydroxyl groups is 3. The Morgan fingerprint density at radius 1 is 1.17 bits per heavy atom. The van der Waals surface area contributed by atoms with Gasteiger partial charge >= 0.3 is 5.97 Å². The van der Waals surface area contributed by atoms with Crippen molar-refractivity contribution in [3.63, 3.8) is 0 Å². The predicted molar refractivity (Wildman–Crippen MR) is 80.0 cm³/mol. The van der Waals surface area contributed by atoms with Gasteiger partial charge in [0, 0.05) is 5.92 Å². The molecule has 1 saturated heterocycles. The number of aliphatic hydroxyl groups excluding tert-OH is 3. The van der Waals surface area contributed by atoms with Crippen molar-refractivity contribution in [2.45, 2.75) is 37.1 Å². The Balaban J connectivity index is 1.95. The highest BCUT2D eigenvalue weighted by atomic mass is 16.7. The molecule has 0 amide bonds. The molecule has 8 nitrogen and oxygen atoms in total. The lowest BCUT2D eigenvalue weighted by Crippen LogP contribution is -2.60. The second-order valence-corrected chi connectivity index (χ2v) is 5.65. The molecular weight excluding hydrogens is 320 g/mol. The molecule has 1 aromatic carbocycles. The van der Waals surface area contributed by atoms with Crippen molar-refractivity contribution in [1.29, 1.82) is 0 Å². The van der Waals surface area contributed by atoms with Gasteiger partial charge in [0.1, 0.15) is 24.6 Å². The Morgan fingerprint density at radius 3 is 2.42 bits per heavy atom. The van der Waals surface area contributed by atoms with Crippen LogP contribution in [-0.4, -0.2) is 70.0 Å². The lowest BCUT2D eigenvalue weighted by molar-refractivity contribution is -0.295. The second-order valence-electron chi connectivity index (χ2n) is 5.65. The van der Waals surface area contributed by atoms with Crippen LogP contribution in [0.3, 0.4) is 0 Å². The highest BCUT2D eigenvalue weighted by molar-refractivity contribution is 5.73. The number of hydrogen-bond acceptors (Lipinski definition) is 7. The van der Waals surface area contributed by atoms with Gasteiger partial charge in [-0.2, -0.15) is 0 Å². The largest absolute Gasteiger partial charge is 0.479 e. The van der Waals surface area contributed by atoms with Gasteiger partial charge in [-0.1, -0.05) is 30.3 Å². The van der Waals surface area contributed by atoms with E-state index < -0.39 is 42.6 Å². The van der Waals surface area contributed by atoms with Gasteiger partial charge in [-0.15, -0.1) is 0 Å². The number of aliphatic carboxylic acids is 1. The number of carboxylic acid groups (broad SMARTS) is 1. The van der Waals surface area contributed by atoms with Crippen LogP contribution in [0.25, 0.3) is 0 Å². The van der Waals surface area contributed by atoms with Gasteiger partial charge in [0.2, 0.25) is 0 Å². The number of ether oxygens (including phenoxy) is 2. The molecule has 2 rings (SSSR count). The van der Waals surface area contributed by atoms with Crippen molar-refractivity contribution in [1.82, 2.24) is 0 Å². The summed E-state index contributed by atoms with van der Waals surface area (Å²) in [5.74, 6) is -2.02. The van der Waals surface area contributed by atoms with Gasteiger partial charge in [-0.05, 0) is 12.0 Å². The SMILES string of the molecule is O=CC(COC1OC(C(=O)O)C(O)C(O)C1O)Cc1ccccc1. The van der Waals surface area contributed by atoms with Crippen molar-refractivity contribution in [2.24, 2.45) is 5.92 Å². The minimum Gasteiger partial charge on any atom is -0.479 e. The van der Waals surface area contributed by atoms with E-state index in [9.17, 15) is 24.9 Å². The fourth-order valence-electron chi connectivity index (χ4n) is 2.47. The first-order chi connectivity index (χ1) is 11.4. The average Bonchev–Trinajstić information content (AvgIpc) is 2.58. The van der Waals surface area contributed by atoms with E-state index in [4.69, 9.17) is 14.6 Å². The minimum atomic E-state index is -1.77. The van der Waals surface area contributed by atoms with Crippen LogP contribution in [0.5, 0.6) is 0 Å². The van der Waals surface area contributed by atoms with Crippen LogP contribution in [0.4, 0.5) is 0 Å². The number of carbonyl (C=O) groups excluding carboxylic acids is 1. The smallest absolute Gasteiger partial charge is 0.335 e. The fourth-order valence-corrected chi connectivity index (χ4v) is 2.47. The number of carboxylic acids is 1. The van der Waals surface area contributed by atoms with Crippen molar-refractivity contribution >= 4 is 12.3 Å². The molecule has 1 aliphatic rings. The molecule has 0 radical (unpaired) electrons. The summed E-state index contributed by atoms with van der Waals surface area (Å²) in [5, 5.41) is 38.1. The summed E-state index contributed by atoms with van der Waals surface area (Å²) in [7, 11) is 0. The van der Waals surface area contributed by atoms with Gasteiger partial charge < -0.3 is 34.7 Å². The molecule has 1 aliphatic heterocycles. The first-order valence-electron chi connectivity index (χ1n) is 7.47. The van der Waals surface area contributed by atoms with Crippen molar-refractivity contribution in [2.75, 3.05) is 6.61 Å². The molecule has 1 aromatic rings. The zero-order chi connectivity index (χ0) is 17.7. The molecule has 24 heavy (non-hydrogen) atoms. The van der Waals surface area contributed by atoms with E-state index in [1.807, 2.05) is 30.3 Å². The van der Waals surface area contributed by atoms with Crippen LogP contribution in [0.1, 0.15) is 5.56 Å². The molecule has 0 saturated carbocycles. The minimum absolute atomic E-state index is 0.130. The molecule has 0 spiro atoms. The number of hydrogen-bond donors (Lipinski definition) is 4. The molecule has 0 aliphatic carbocycles. The summed E-state index contributed by atoms with van der Waals surface area (Å²) in [5.41, 5.74) is 0.919. The van der Waals surface area contributed by atoms with E-state index in [0.29, 0.717) is 12.7 Å². The fraction of sp³-hybridized carbons (Fsp3) is 0.500. The molecule has 132 valence electrons. The lowest BCUT2D eigenvalue weighted by atomic mass is 9.98. The number of carbonyl (C=O) groups is 2. The first kappa shape index (κ1) is 18.5. The van der Waals surface area contributed by atoms with Gasteiger partial charge in [-0.3, -0.25) is 0 Å². The summed E-state index contributed by atoms with van der Waals surface area (Å²) >= 11 is 0.